The summed E-state index contributed by atoms with van der Waals surface area (Å²) in [5.74, 6) is 0.0893. The van der Waals surface area contributed by atoms with Crippen LogP contribution in [0, 0.1) is 0 Å². The van der Waals surface area contributed by atoms with Gasteiger partial charge in [-0.3, -0.25) is 9.69 Å². The van der Waals surface area contributed by atoms with Crippen LogP contribution < -0.4 is 0 Å². The minimum atomic E-state index is 0.0893. The van der Waals surface area contributed by atoms with E-state index in [0.29, 0.717) is 0 Å². The maximum absolute atomic E-state index is 12.8. The van der Waals surface area contributed by atoms with Gasteiger partial charge in [-0.15, -0.1) is 0 Å². The Hall–Kier alpha value is -2.88. The molecule has 0 atom stereocenters. The summed E-state index contributed by atoms with van der Waals surface area (Å²) in [4.78, 5) is 17.2. The Morgan fingerprint density at radius 1 is 0.794 bits per heavy atom. The molecular weight excluding hydrogens is 440 g/mol. The zero-order valence-electron chi connectivity index (χ0n) is 20.1. The van der Waals surface area contributed by atoms with Gasteiger partial charge < -0.3 is 4.90 Å². The molecule has 3 nitrogen and oxygen atoms in total. The number of carbonyl (C=O) groups excluding carboxylic acids is 1. The third kappa shape index (κ3) is 5.78. The molecule has 176 valence electrons. The van der Waals surface area contributed by atoms with Crippen molar-refractivity contribution in [3.05, 3.63) is 112 Å². The lowest BCUT2D eigenvalue weighted by molar-refractivity contribution is 0.0773. The molecule has 0 bridgehead atoms. The molecule has 3 aromatic rings. The van der Waals surface area contributed by atoms with Crippen LogP contribution in [-0.4, -0.2) is 41.9 Å². The first kappa shape index (κ1) is 24.3. The molecule has 0 unspecified atom stereocenters. The zero-order chi connectivity index (χ0) is 23.9. The number of benzene rings is 3. The lowest BCUT2D eigenvalue weighted by atomic mass is 9.88. The van der Waals surface area contributed by atoms with Gasteiger partial charge in [0, 0.05) is 43.3 Å². The molecule has 34 heavy (non-hydrogen) atoms. The summed E-state index contributed by atoms with van der Waals surface area (Å²) in [5, 5.41) is 0.742. The van der Waals surface area contributed by atoms with Gasteiger partial charge in [0.15, 0.2) is 0 Å². The Morgan fingerprint density at radius 2 is 1.32 bits per heavy atom. The highest BCUT2D eigenvalue weighted by Crippen LogP contribution is 2.33. The van der Waals surface area contributed by atoms with Gasteiger partial charge in [0.2, 0.25) is 0 Å². The van der Waals surface area contributed by atoms with Crippen molar-refractivity contribution in [2.75, 3.05) is 26.2 Å². The van der Waals surface area contributed by atoms with E-state index in [1.165, 1.54) is 22.3 Å². The molecule has 1 heterocycles. The largest absolute Gasteiger partial charge is 0.339 e. The van der Waals surface area contributed by atoms with Crippen LogP contribution in [0.5, 0.6) is 0 Å². The van der Waals surface area contributed by atoms with E-state index in [1.807, 2.05) is 43.0 Å². The molecule has 1 aliphatic heterocycles. The van der Waals surface area contributed by atoms with Crippen molar-refractivity contribution in [3.63, 3.8) is 0 Å². The summed E-state index contributed by atoms with van der Waals surface area (Å²) < 4.78 is 0. The van der Waals surface area contributed by atoms with Gasteiger partial charge in [0.25, 0.3) is 5.91 Å². The summed E-state index contributed by atoms with van der Waals surface area (Å²) in [6, 6.07) is 27.0. The third-order valence-electron chi connectivity index (χ3n) is 6.67. The molecule has 1 fully saturated rings. The average molecular weight is 473 g/mol. The number of nitrogens with zero attached hydrogens (tertiary/aromatic N) is 2. The number of piperidine rings is 1. The summed E-state index contributed by atoms with van der Waals surface area (Å²) in [6.45, 7) is 8.55. The Bertz CT molecular complexity index is 1110. The Labute approximate surface area is 208 Å². The van der Waals surface area contributed by atoms with Crippen molar-refractivity contribution < 1.29 is 4.79 Å². The van der Waals surface area contributed by atoms with E-state index in [9.17, 15) is 4.79 Å². The topological polar surface area (TPSA) is 23.6 Å². The zero-order valence-corrected chi connectivity index (χ0v) is 20.9. The van der Waals surface area contributed by atoms with E-state index < -0.39 is 0 Å². The van der Waals surface area contributed by atoms with E-state index in [2.05, 4.69) is 59.5 Å². The SMILES string of the molecule is CCN(CC)C(=O)c1ccc(C(=C2CCN(Cc3ccccc3)CC2)c2ccc(Cl)cc2)cc1. The number of hydrogen-bond donors (Lipinski definition) is 0. The molecule has 0 aliphatic carbocycles. The quantitative estimate of drug-likeness (QED) is 0.372. The number of carbonyl (C=O) groups is 1. The van der Waals surface area contributed by atoms with Crippen LogP contribution in [0.3, 0.4) is 0 Å². The van der Waals surface area contributed by atoms with Gasteiger partial charge in [0.1, 0.15) is 0 Å². The normalized spacial score (nSPS) is 14.1. The maximum atomic E-state index is 12.8. The second-order valence-electron chi connectivity index (χ2n) is 8.80. The molecule has 0 saturated carbocycles. The number of rotatable bonds is 7. The van der Waals surface area contributed by atoms with Gasteiger partial charge in [0.05, 0.1) is 0 Å². The lowest BCUT2D eigenvalue weighted by Gasteiger charge is -2.30. The highest BCUT2D eigenvalue weighted by molar-refractivity contribution is 6.30. The first-order valence-corrected chi connectivity index (χ1v) is 12.6. The summed E-state index contributed by atoms with van der Waals surface area (Å²) in [6.07, 6.45) is 2.07. The van der Waals surface area contributed by atoms with Crippen LogP contribution in [0.2, 0.25) is 5.02 Å². The smallest absolute Gasteiger partial charge is 0.253 e. The van der Waals surface area contributed by atoms with Crippen LogP contribution in [0.1, 0.15) is 53.7 Å². The van der Waals surface area contributed by atoms with E-state index in [4.69, 9.17) is 11.6 Å². The minimum absolute atomic E-state index is 0.0893. The van der Waals surface area contributed by atoms with E-state index in [0.717, 1.165) is 61.7 Å². The monoisotopic (exact) mass is 472 g/mol. The molecule has 1 saturated heterocycles. The van der Waals surface area contributed by atoms with E-state index >= 15 is 0 Å². The minimum Gasteiger partial charge on any atom is -0.339 e. The first-order valence-electron chi connectivity index (χ1n) is 12.2. The van der Waals surface area contributed by atoms with Crippen LogP contribution in [0.4, 0.5) is 0 Å². The lowest BCUT2D eigenvalue weighted by Crippen LogP contribution is -2.30. The van der Waals surface area contributed by atoms with E-state index in [-0.39, 0.29) is 5.91 Å². The summed E-state index contributed by atoms with van der Waals surface area (Å²) in [5.41, 5.74) is 7.18. The molecule has 0 N–H and O–H groups in total. The second kappa shape index (κ2) is 11.5. The molecule has 4 rings (SSSR count). The molecule has 0 aromatic heterocycles. The Balaban J connectivity index is 1.60. The van der Waals surface area contributed by atoms with Gasteiger partial charge >= 0.3 is 0 Å². The predicted octanol–water partition coefficient (Wildman–Crippen LogP) is 6.92. The van der Waals surface area contributed by atoms with Crippen molar-refractivity contribution in [1.82, 2.24) is 9.80 Å². The number of hydrogen-bond acceptors (Lipinski definition) is 2. The molecule has 1 amide bonds. The summed E-state index contributed by atoms with van der Waals surface area (Å²) in [7, 11) is 0. The molecule has 0 spiro atoms. The van der Waals surface area contributed by atoms with Crippen LogP contribution >= 0.6 is 11.6 Å². The highest BCUT2D eigenvalue weighted by Gasteiger charge is 2.20. The fourth-order valence-electron chi connectivity index (χ4n) is 4.74. The first-order chi connectivity index (χ1) is 16.6. The van der Waals surface area contributed by atoms with Crippen molar-refractivity contribution in [2.24, 2.45) is 0 Å². The highest BCUT2D eigenvalue weighted by atomic mass is 35.5. The van der Waals surface area contributed by atoms with Crippen molar-refractivity contribution in [2.45, 2.75) is 33.2 Å². The number of likely N-dealkylation sites (tertiary alicyclic amines) is 1. The fourth-order valence-corrected chi connectivity index (χ4v) is 4.86. The van der Waals surface area contributed by atoms with E-state index in [1.54, 1.807) is 0 Å². The predicted molar refractivity (Wildman–Crippen MR) is 142 cm³/mol. The fraction of sp³-hybridized carbons (Fsp3) is 0.300. The second-order valence-corrected chi connectivity index (χ2v) is 9.24. The molecular formula is C30H33ClN2O. The standard InChI is InChI=1S/C30H33ClN2O/c1-3-33(4-2)30(34)27-12-10-24(11-13-27)29(25-14-16-28(31)17-15-25)26-18-20-32(21-19-26)22-23-8-6-5-7-9-23/h5-17H,3-4,18-22H2,1-2H3. The molecule has 1 aliphatic rings. The van der Waals surface area contributed by atoms with Crippen molar-refractivity contribution in [1.29, 1.82) is 0 Å². The summed E-state index contributed by atoms with van der Waals surface area (Å²) >= 11 is 6.19. The van der Waals surface area contributed by atoms with Crippen molar-refractivity contribution >= 4 is 23.1 Å². The maximum Gasteiger partial charge on any atom is 0.253 e. The molecule has 0 radical (unpaired) electrons. The number of amides is 1. The van der Waals surface area contributed by atoms with Gasteiger partial charge in [-0.25, -0.2) is 0 Å². The Kier molecular flexibility index (Phi) is 8.21. The van der Waals surface area contributed by atoms with Gasteiger partial charge in [-0.05, 0) is 73.2 Å². The van der Waals surface area contributed by atoms with Crippen LogP contribution in [-0.2, 0) is 6.54 Å². The van der Waals surface area contributed by atoms with Crippen LogP contribution in [0.15, 0.2) is 84.4 Å². The van der Waals surface area contributed by atoms with Gasteiger partial charge in [-0.2, -0.15) is 0 Å². The third-order valence-corrected chi connectivity index (χ3v) is 6.92. The molecule has 4 heteroatoms. The molecule has 3 aromatic carbocycles. The van der Waals surface area contributed by atoms with Gasteiger partial charge in [-0.1, -0.05) is 71.8 Å². The van der Waals surface area contributed by atoms with Crippen LogP contribution in [0.25, 0.3) is 5.57 Å². The Morgan fingerprint density at radius 3 is 1.88 bits per heavy atom. The van der Waals surface area contributed by atoms with Crippen molar-refractivity contribution in [3.8, 4) is 0 Å². The average Bonchev–Trinajstić information content (AvgIpc) is 2.88. The number of halogens is 1.